The molecule has 0 unspecified atom stereocenters. The van der Waals surface area contributed by atoms with Crippen molar-refractivity contribution in [2.24, 2.45) is 0 Å². The minimum absolute atomic E-state index is 0.00476. The summed E-state index contributed by atoms with van der Waals surface area (Å²) >= 11 is 0. The van der Waals surface area contributed by atoms with Gasteiger partial charge in [0.2, 0.25) is 5.76 Å². The summed E-state index contributed by atoms with van der Waals surface area (Å²) in [6.07, 6.45) is 0. The number of furan rings is 1. The van der Waals surface area contributed by atoms with Gasteiger partial charge in [-0.25, -0.2) is 4.79 Å². The van der Waals surface area contributed by atoms with E-state index in [1.165, 1.54) is 0 Å². The van der Waals surface area contributed by atoms with E-state index < -0.39 is 5.97 Å². The number of ether oxygens (including phenoxy) is 1. The summed E-state index contributed by atoms with van der Waals surface area (Å²) < 4.78 is 10.7. The van der Waals surface area contributed by atoms with Crippen LogP contribution in [0.2, 0.25) is 0 Å². The normalized spacial score (nSPS) is 10.6. The molecule has 0 radical (unpaired) electrons. The van der Waals surface area contributed by atoms with E-state index in [0.29, 0.717) is 31.0 Å². The Kier molecular flexibility index (Phi) is 5.00. The molecule has 2 N–H and O–H groups in total. The van der Waals surface area contributed by atoms with Gasteiger partial charge in [0.15, 0.2) is 0 Å². The summed E-state index contributed by atoms with van der Waals surface area (Å²) in [5, 5.41) is 12.2. The Bertz CT molecular complexity index is 618. The van der Waals surface area contributed by atoms with Gasteiger partial charge in [0.25, 0.3) is 0 Å². The number of carboxylic acid groups (broad SMARTS) is 1. The van der Waals surface area contributed by atoms with Crippen molar-refractivity contribution in [2.75, 3.05) is 6.61 Å². The molecule has 2 rings (SSSR count). The highest BCUT2D eigenvalue weighted by Crippen LogP contribution is 2.15. The fourth-order valence-electron chi connectivity index (χ4n) is 2.09. The van der Waals surface area contributed by atoms with E-state index in [4.69, 9.17) is 14.3 Å². The Hall–Kier alpha value is -2.27. The summed E-state index contributed by atoms with van der Waals surface area (Å²) in [7, 11) is 0. The van der Waals surface area contributed by atoms with Gasteiger partial charge >= 0.3 is 5.97 Å². The number of carbonyl (C=O) groups is 1. The second-order valence-electron chi connectivity index (χ2n) is 4.71. The second kappa shape index (κ2) is 6.95. The second-order valence-corrected chi connectivity index (χ2v) is 4.71. The zero-order valence-electron chi connectivity index (χ0n) is 12.2. The molecule has 112 valence electrons. The first-order valence-electron chi connectivity index (χ1n) is 6.85. The average molecular weight is 289 g/mol. The number of benzene rings is 1. The number of aromatic carboxylic acids is 1. The number of aryl methyl sites for hydroxylation is 1. The van der Waals surface area contributed by atoms with Crippen molar-refractivity contribution in [3.05, 3.63) is 53.0 Å². The first kappa shape index (κ1) is 15.1. The molecule has 0 spiro atoms. The maximum Gasteiger partial charge on any atom is 0.372 e. The van der Waals surface area contributed by atoms with Crippen molar-refractivity contribution < 1.29 is 19.1 Å². The number of nitrogens with one attached hydrogen (secondary N) is 1. The van der Waals surface area contributed by atoms with Crippen molar-refractivity contribution in [3.8, 4) is 5.75 Å². The molecule has 21 heavy (non-hydrogen) atoms. The van der Waals surface area contributed by atoms with E-state index in [2.05, 4.69) is 5.32 Å². The highest BCUT2D eigenvalue weighted by Gasteiger charge is 2.13. The van der Waals surface area contributed by atoms with Crippen LogP contribution in [0, 0.1) is 6.92 Å². The predicted molar refractivity (Wildman–Crippen MR) is 78.6 cm³/mol. The molecule has 1 heterocycles. The maximum absolute atomic E-state index is 10.9. The molecule has 0 atom stereocenters. The standard InChI is InChI=1S/C16H19NO4/c1-3-20-13-6-4-5-12(8-13)9-17-10-14-7-11(2)15(21-14)16(18)19/h4-8,17H,3,9-10H2,1-2H3,(H,18,19). The largest absolute Gasteiger partial charge is 0.494 e. The van der Waals surface area contributed by atoms with Crippen LogP contribution in [-0.4, -0.2) is 17.7 Å². The van der Waals surface area contributed by atoms with E-state index in [9.17, 15) is 4.79 Å². The molecule has 1 aromatic heterocycles. The maximum atomic E-state index is 10.9. The fraction of sp³-hybridized carbons (Fsp3) is 0.312. The molecule has 0 aliphatic rings. The Labute approximate surface area is 123 Å². The zero-order valence-corrected chi connectivity index (χ0v) is 12.2. The summed E-state index contributed by atoms with van der Waals surface area (Å²) in [4.78, 5) is 10.9. The topological polar surface area (TPSA) is 71.7 Å². The van der Waals surface area contributed by atoms with Gasteiger partial charge in [-0.3, -0.25) is 0 Å². The molecular formula is C16H19NO4. The first-order chi connectivity index (χ1) is 10.1. The fourth-order valence-corrected chi connectivity index (χ4v) is 2.09. The van der Waals surface area contributed by atoms with Crippen LogP contribution in [-0.2, 0) is 13.1 Å². The minimum atomic E-state index is -1.04. The Morgan fingerprint density at radius 1 is 1.33 bits per heavy atom. The lowest BCUT2D eigenvalue weighted by atomic mass is 10.2. The van der Waals surface area contributed by atoms with Crippen molar-refractivity contribution in [1.82, 2.24) is 5.32 Å². The SMILES string of the molecule is CCOc1cccc(CNCc2cc(C)c(C(=O)O)o2)c1. The lowest BCUT2D eigenvalue weighted by Gasteiger charge is -2.06. The van der Waals surface area contributed by atoms with Crippen LogP contribution in [0.25, 0.3) is 0 Å². The number of hydrogen-bond donors (Lipinski definition) is 2. The highest BCUT2D eigenvalue weighted by atomic mass is 16.5. The number of rotatable bonds is 7. The molecular weight excluding hydrogens is 270 g/mol. The van der Waals surface area contributed by atoms with Crippen molar-refractivity contribution in [1.29, 1.82) is 0 Å². The molecule has 0 bridgehead atoms. The van der Waals surface area contributed by atoms with Crippen LogP contribution in [0.5, 0.6) is 5.75 Å². The van der Waals surface area contributed by atoms with Gasteiger partial charge < -0.3 is 19.6 Å². The van der Waals surface area contributed by atoms with E-state index in [1.54, 1.807) is 13.0 Å². The monoisotopic (exact) mass is 289 g/mol. The van der Waals surface area contributed by atoms with Crippen LogP contribution < -0.4 is 10.1 Å². The quantitative estimate of drug-likeness (QED) is 0.820. The van der Waals surface area contributed by atoms with E-state index in [1.807, 2.05) is 31.2 Å². The third-order valence-electron chi connectivity index (χ3n) is 3.00. The van der Waals surface area contributed by atoms with Gasteiger partial charge in [0.1, 0.15) is 11.5 Å². The van der Waals surface area contributed by atoms with Crippen LogP contribution in [0.4, 0.5) is 0 Å². The summed E-state index contributed by atoms with van der Waals surface area (Å²) in [6.45, 7) is 5.45. The highest BCUT2D eigenvalue weighted by molar-refractivity contribution is 5.86. The molecule has 5 heteroatoms. The van der Waals surface area contributed by atoms with E-state index >= 15 is 0 Å². The molecule has 0 saturated heterocycles. The average Bonchev–Trinajstić information content (AvgIpc) is 2.81. The van der Waals surface area contributed by atoms with Gasteiger partial charge in [0, 0.05) is 12.1 Å². The van der Waals surface area contributed by atoms with Crippen molar-refractivity contribution in [3.63, 3.8) is 0 Å². The predicted octanol–water partition coefficient (Wildman–Crippen LogP) is 2.97. The zero-order chi connectivity index (χ0) is 15.2. The number of hydrogen-bond acceptors (Lipinski definition) is 4. The van der Waals surface area contributed by atoms with E-state index in [-0.39, 0.29) is 5.76 Å². The van der Waals surface area contributed by atoms with Gasteiger partial charge in [-0.1, -0.05) is 12.1 Å². The summed E-state index contributed by atoms with van der Waals surface area (Å²) in [6, 6.07) is 9.59. The van der Waals surface area contributed by atoms with Crippen LogP contribution in [0.15, 0.2) is 34.7 Å². The Balaban J connectivity index is 1.91. The summed E-state index contributed by atoms with van der Waals surface area (Å²) in [5.41, 5.74) is 1.74. The molecule has 0 aliphatic heterocycles. The minimum Gasteiger partial charge on any atom is -0.494 e. The summed E-state index contributed by atoms with van der Waals surface area (Å²) in [5.74, 6) is 0.429. The Morgan fingerprint density at radius 3 is 2.81 bits per heavy atom. The molecule has 0 fully saturated rings. The molecule has 2 aromatic rings. The Morgan fingerprint density at radius 2 is 2.14 bits per heavy atom. The molecule has 0 saturated carbocycles. The van der Waals surface area contributed by atoms with Crippen molar-refractivity contribution in [2.45, 2.75) is 26.9 Å². The van der Waals surface area contributed by atoms with Crippen LogP contribution in [0.3, 0.4) is 0 Å². The number of carboxylic acids is 1. The first-order valence-corrected chi connectivity index (χ1v) is 6.85. The molecule has 0 amide bonds. The van der Waals surface area contributed by atoms with Gasteiger partial charge in [-0.2, -0.15) is 0 Å². The lowest BCUT2D eigenvalue weighted by molar-refractivity contribution is 0.0659. The lowest BCUT2D eigenvalue weighted by Crippen LogP contribution is -2.12. The van der Waals surface area contributed by atoms with Gasteiger partial charge in [-0.05, 0) is 37.6 Å². The molecule has 0 aliphatic carbocycles. The third-order valence-corrected chi connectivity index (χ3v) is 3.00. The molecule has 5 nitrogen and oxygen atoms in total. The third kappa shape index (κ3) is 4.10. The van der Waals surface area contributed by atoms with Gasteiger partial charge in [0.05, 0.1) is 13.2 Å². The van der Waals surface area contributed by atoms with Crippen molar-refractivity contribution >= 4 is 5.97 Å². The smallest absolute Gasteiger partial charge is 0.372 e. The molecule has 1 aromatic carbocycles. The van der Waals surface area contributed by atoms with Crippen LogP contribution in [0.1, 0.15) is 34.4 Å². The van der Waals surface area contributed by atoms with E-state index in [0.717, 1.165) is 11.3 Å². The van der Waals surface area contributed by atoms with Gasteiger partial charge in [-0.15, -0.1) is 0 Å². The van der Waals surface area contributed by atoms with Crippen LogP contribution >= 0.6 is 0 Å².